The first kappa shape index (κ1) is 26.6. The molecule has 2 unspecified atom stereocenters. The number of halogens is 1. The lowest BCUT2D eigenvalue weighted by molar-refractivity contribution is -0.384. The second kappa shape index (κ2) is 10.4. The highest BCUT2D eigenvalue weighted by Gasteiger charge is 2.48. The van der Waals surface area contributed by atoms with Crippen LogP contribution in [0.1, 0.15) is 34.4 Å². The number of amidine groups is 1. The van der Waals surface area contributed by atoms with Gasteiger partial charge < -0.3 is 18.9 Å². The lowest BCUT2D eigenvalue weighted by Crippen LogP contribution is -2.38. The molecule has 12 heteroatoms. The maximum atomic E-state index is 14.2. The van der Waals surface area contributed by atoms with Crippen LogP contribution >= 0.6 is 11.8 Å². The van der Waals surface area contributed by atoms with Crippen LogP contribution in [-0.4, -0.2) is 48.8 Å². The highest BCUT2D eigenvalue weighted by molar-refractivity contribution is 8.15. The topological polar surface area (TPSA) is 113 Å². The molecule has 0 bridgehead atoms. The van der Waals surface area contributed by atoms with Gasteiger partial charge in [0.1, 0.15) is 16.8 Å². The van der Waals surface area contributed by atoms with Gasteiger partial charge in [0.05, 0.1) is 44.6 Å². The highest BCUT2D eigenvalue weighted by Crippen LogP contribution is 2.53. The van der Waals surface area contributed by atoms with Crippen molar-refractivity contribution in [1.82, 2.24) is 4.90 Å². The van der Waals surface area contributed by atoms with Crippen LogP contribution < -0.4 is 18.9 Å². The van der Waals surface area contributed by atoms with E-state index in [0.717, 1.165) is 5.57 Å². The number of rotatable bonds is 6. The fraction of sp³-hybridized carbons (Fsp3) is 0.241. The fourth-order valence-corrected chi connectivity index (χ4v) is 6.51. The molecule has 210 valence electrons. The maximum Gasteiger partial charge on any atom is 0.270 e. The molecule has 0 aliphatic carbocycles. The third kappa shape index (κ3) is 4.44. The summed E-state index contributed by atoms with van der Waals surface area (Å²) in [5, 5.41) is 11.3. The zero-order valence-corrected chi connectivity index (χ0v) is 23.1. The number of thioether (sulfide) groups is 1. The van der Waals surface area contributed by atoms with Gasteiger partial charge in [0.15, 0.2) is 16.7 Å². The normalized spacial score (nSPS) is 19.4. The second-order valence-corrected chi connectivity index (χ2v) is 10.5. The minimum atomic E-state index is -0.699. The summed E-state index contributed by atoms with van der Waals surface area (Å²) < 4.78 is 36.4. The van der Waals surface area contributed by atoms with Crippen LogP contribution in [0.25, 0.3) is 5.70 Å². The zero-order valence-electron chi connectivity index (χ0n) is 22.3. The SMILES string of the molecule is COc1cc(C2SC3=NC4=C(CCOc5ccc([N+](=O)[O-])cc54)C(c4ccc(F)cc4)N3C2=O)cc(OC)c1OC. The number of nitro benzene ring substituents is 1. The molecule has 0 saturated carbocycles. The van der Waals surface area contributed by atoms with Crippen molar-refractivity contribution in [2.45, 2.75) is 17.7 Å². The zero-order chi connectivity index (χ0) is 28.8. The molecule has 3 aromatic rings. The number of amides is 1. The number of nitro groups is 1. The lowest BCUT2D eigenvalue weighted by atomic mass is 9.90. The highest BCUT2D eigenvalue weighted by atomic mass is 32.2. The van der Waals surface area contributed by atoms with Gasteiger partial charge in [-0.2, -0.15) is 0 Å². The Kier molecular flexibility index (Phi) is 6.78. The van der Waals surface area contributed by atoms with E-state index in [1.165, 1.54) is 57.4 Å². The van der Waals surface area contributed by atoms with Crippen LogP contribution in [0, 0.1) is 15.9 Å². The number of carbonyl (C=O) groups is 1. The second-order valence-electron chi connectivity index (χ2n) is 9.42. The van der Waals surface area contributed by atoms with Crippen molar-refractivity contribution in [1.29, 1.82) is 0 Å². The van der Waals surface area contributed by atoms with Crippen molar-refractivity contribution in [3.8, 4) is 23.0 Å². The van der Waals surface area contributed by atoms with E-state index < -0.39 is 22.0 Å². The number of hydrogen-bond donors (Lipinski definition) is 0. The van der Waals surface area contributed by atoms with Crippen molar-refractivity contribution >= 4 is 34.2 Å². The monoisotopic (exact) mass is 577 g/mol. The first-order chi connectivity index (χ1) is 19.8. The van der Waals surface area contributed by atoms with E-state index in [4.69, 9.17) is 23.9 Å². The molecule has 3 aliphatic heterocycles. The molecule has 0 radical (unpaired) electrons. The summed E-state index contributed by atoms with van der Waals surface area (Å²) in [5.41, 5.74) is 2.92. The number of ether oxygens (including phenoxy) is 4. The molecule has 1 saturated heterocycles. The molecular formula is C29H24FN3O7S. The minimum Gasteiger partial charge on any atom is -0.493 e. The molecule has 0 spiro atoms. The molecule has 6 rings (SSSR count). The van der Waals surface area contributed by atoms with Crippen molar-refractivity contribution in [2.75, 3.05) is 27.9 Å². The Morgan fingerprint density at radius 2 is 1.73 bits per heavy atom. The van der Waals surface area contributed by atoms with E-state index in [-0.39, 0.29) is 18.2 Å². The number of hydrogen-bond acceptors (Lipinski definition) is 9. The fourth-order valence-electron chi connectivity index (χ4n) is 5.36. The van der Waals surface area contributed by atoms with Gasteiger partial charge in [-0.15, -0.1) is 0 Å². The Bertz CT molecular complexity index is 1610. The molecule has 0 aromatic heterocycles. The molecule has 41 heavy (non-hydrogen) atoms. The Labute approximate surface area is 238 Å². The number of aliphatic imine (C=N–C) groups is 1. The average molecular weight is 578 g/mol. The predicted molar refractivity (Wildman–Crippen MR) is 150 cm³/mol. The standard InChI is InChI=1S/C29H24FN3O7S/c1-37-22-12-16(13-23(38-2)26(22)39-3)27-28(34)32-25(15-4-6-17(30)7-5-15)19-10-11-40-21-9-8-18(33(35)36)14-20(21)24(19)31-29(32)41-27/h4-9,12-14,25,27H,10-11H2,1-3H3. The summed E-state index contributed by atoms with van der Waals surface area (Å²) in [6, 6.07) is 13.2. The lowest BCUT2D eigenvalue weighted by Gasteiger charge is -2.34. The number of non-ortho nitro benzene ring substituents is 1. The van der Waals surface area contributed by atoms with E-state index in [0.29, 0.717) is 57.0 Å². The van der Waals surface area contributed by atoms with Crippen molar-refractivity contribution < 1.29 is 33.1 Å². The third-order valence-corrected chi connectivity index (χ3v) is 8.43. The first-order valence-electron chi connectivity index (χ1n) is 12.6. The Balaban J connectivity index is 1.52. The molecule has 10 nitrogen and oxygen atoms in total. The summed E-state index contributed by atoms with van der Waals surface area (Å²) >= 11 is 1.25. The van der Waals surface area contributed by atoms with Gasteiger partial charge >= 0.3 is 0 Å². The quantitative estimate of drug-likeness (QED) is 0.272. The number of methoxy groups -OCH3 is 3. The van der Waals surface area contributed by atoms with Crippen LogP contribution in [0.3, 0.4) is 0 Å². The Morgan fingerprint density at radius 1 is 1.02 bits per heavy atom. The van der Waals surface area contributed by atoms with E-state index in [1.807, 2.05) is 0 Å². The van der Waals surface area contributed by atoms with Gasteiger partial charge in [-0.1, -0.05) is 23.9 Å². The van der Waals surface area contributed by atoms with Crippen molar-refractivity contribution in [2.24, 2.45) is 4.99 Å². The summed E-state index contributed by atoms with van der Waals surface area (Å²) in [4.78, 5) is 31.9. The molecule has 0 N–H and O–H groups in total. The van der Waals surface area contributed by atoms with Crippen LogP contribution in [0.5, 0.6) is 23.0 Å². The van der Waals surface area contributed by atoms with Gasteiger partial charge in [-0.3, -0.25) is 19.8 Å². The van der Waals surface area contributed by atoms with Gasteiger partial charge in [-0.25, -0.2) is 9.38 Å². The van der Waals surface area contributed by atoms with Crippen LogP contribution in [-0.2, 0) is 4.79 Å². The number of fused-ring (bicyclic) bond motifs is 3. The van der Waals surface area contributed by atoms with E-state index in [1.54, 1.807) is 35.2 Å². The largest absolute Gasteiger partial charge is 0.493 e. The number of carbonyl (C=O) groups excluding carboxylic acids is 1. The molecule has 3 aromatic carbocycles. The third-order valence-electron chi connectivity index (χ3n) is 7.22. The summed E-state index contributed by atoms with van der Waals surface area (Å²) in [6.07, 6.45) is 0.403. The summed E-state index contributed by atoms with van der Waals surface area (Å²) in [6.45, 7) is 0.275. The molecule has 2 atom stereocenters. The van der Waals surface area contributed by atoms with Gasteiger partial charge in [-0.05, 0) is 47.0 Å². The van der Waals surface area contributed by atoms with Gasteiger partial charge in [0, 0.05) is 24.1 Å². The van der Waals surface area contributed by atoms with Gasteiger partial charge in [0.2, 0.25) is 11.7 Å². The number of benzene rings is 3. The van der Waals surface area contributed by atoms with Crippen LogP contribution in [0.15, 0.2) is 65.2 Å². The predicted octanol–water partition coefficient (Wildman–Crippen LogP) is 5.68. The Morgan fingerprint density at radius 3 is 2.37 bits per heavy atom. The van der Waals surface area contributed by atoms with E-state index in [9.17, 15) is 19.3 Å². The van der Waals surface area contributed by atoms with Crippen LogP contribution in [0.4, 0.5) is 10.1 Å². The molecule has 1 fully saturated rings. The smallest absolute Gasteiger partial charge is 0.270 e. The average Bonchev–Trinajstić information content (AvgIpc) is 3.20. The number of nitrogens with zero attached hydrogens (tertiary/aromatic N) is 3. The molecule has 1 amide bonds. The van der Waals surface area contributed by atoms with Crippen molar-refractivity contribution in [3.63, 3.8) is 0 Å². The summed E-state index contributed by atoms with van der Waals surface area (Å²) in [5.74, 6) is 1.05. The van der Waals surface area contributed by atoms with Crippen LogP contribution in [0.2, 0.25) is 0 Å². The molecule has 3 aliphatic rings. The summed E-state index contributed by atoms with van der Waals surface area (Å²) in [7, 11) is 4.51. The van der Waals surface area contributed by atoms with Gasteiger partial charge in [0.25, 0.3) is 5.69 Å². The molecular weight excluding hydrogens is 553 g/mol. The molecule has 3 heterocycles. The van der Waals surface area contributed by atoms with Crippen molar-refractivity contribution in [3.05, 3.63) is 92.8 Å². The maximum absolute atomic E-state index is 14.2. The Hall–Kier alpha value is -4.58. The first-order valence-corrected chi connectivity index (χ1v) is 13.5. The minimum absolute atomic E-state index is 0.104. The van der Waals surface area contributed by atoms with E-state index >= 15 is 0 Å². The van der Waals surface area contributed by atoms with E-state index in [2.05, 4.69) is 0 Å².